The van der Waals surface area contributed by atoms with Crippen LogP contribution in [0.5, 0.6) is 0 Å². The Bertz CT molecular complexity index is 949. The van der Waals surface area contributed by atoms with Gasteiger partial charge in [-0.1, -0.05) is 18.2 Å². The first-order chi connectivity index (χ1) is 12.4. The van der Waals surface area contributed by atoms with E-state index in [2.05, 4.69) is 27.3 Å². The number of aromatic nitrogens is 3. The first-order valence-corrected chi connectivity index (χ1v) is 9.13. The van der Waals surface area contributed by atoms with Crippen LogP contribution in [-0.2, 0) is 4.74 Å². The zero-order valence-electron chi connectivity index (χ0n) is 15.5. The summed E-state index contributed by atoms with van der Waals surface area (Å²) in [5.41, 5.74) is 2.46. The van der Waals surface area contributed by atoms with E-state index in [1.54, 1.807) is 4.90 Å². The minimum Gasteiger partial charge on any atom is -0.444 e. The highest BCUT2D eigenvalue weighted by atomic mass is 16.6. The first kappa shape index (κ1) is 16.8. The number of fused-ring (bicyclic) bond motifs is 3. The number of aromatic amines is 1. The second-order valence-electron chi connectivity index (χ2n) is 7.95. The number of carbonyl (C=O) groups excluding carboxylic acids is 1. The fourth-order valence-corrected chi connectivity index (χ4v) is 3.56. The van der Waals surface area contributed by atoms with E-state index < -0.39 is 5.60 Å². The Kier molecular flexibility index (Phi) is 4.05. The van der Waals surface area contributed by atoms with Gasteiger partial charge < -0.3 is 14.6 Å². The number of H-pyrrole nitrogens is 1. The van der Waals surface area contributed by atoms with Gasteiger partial charge in [0.05, 0.1) is 5.52 Å². The molecule has 1 N–H and O–H groups in total. The van der Waals surface area contributed by atoms with Crippen molar-refractivity contribution in [1.29, 1.82) is 0 Å². The molecule has 0 saturated carbocycles. The third-order valence-electron chi connectivity index (χ3n) is 4.86. The Morgan fingerprint density at radius 1 is 1.15 bits per heavy atom. The van der Waals surface area contributed by atoms with Crippen LogP contribution in [0.4, 0.5) is 4.79 Å². The molecular weight excluding hydrogens is 328 g/mol. The first-order valence-electron chi connectivity index (χ1n) is 9.13. The SMILES string of the molecule is CC(C)(C)OC(=O)N1CCC(c2cc3c(nnc4ccccc43)[nH]2)CC1. The number of piperidine rings is 1. The molecular formula is C20H24N4O2. The lowest BCUT2D eigenvalue weighted by Crippen LogP contribution is -2.41. The Morgan fingerprint density at radius 2 is 1.88 bits per heavy atom. The minimum absolute atomic E-state index is 0.218. The van der Waals surface area contributed by atoms with Crippen LogP contribution in [-0.4, -0.2) is 44.9 Å². The number of carbonyl (C=O) groups is 1. The molecule has 3 heterocycles. The molecule has 1 fully saturated rings. The lowest BCUT2D eigenvalue weighted by molar-refractivity contribution is 0.0204. The average molecular weight is 352 g/mol. The highest BCUT2D eigenvalue weighted by Gasteiger charge is 2.28. The molecule has 0 aliphatic carbocycles. The summed E-state index contributed by atoms with van der Waals surface area (Å²) < 4.78 is 5.48. The van der Waals surface area contributed by atoms with Crippen LogP contribution in [0.3, 0.4) is 0 Å². The third kappa shape index (κ3) is 3.23. The average Bonchev–Trinajstić information content (AvgIpc) is 3.05. The zero-order chi connectivity index (χ0) is 18.3. The lowest BCUT2D eigenvalue weighted by Gasteiger charge is -2.33. The van der Waals surface area contributed by atoms with Crippen LogP contribution in [0.1, 0.15) is 45.2 Å². The number of hydrogen-bond acceptors (Lipinski definition) is 4. The van der Waals surface area contributed by atoms with E-state index in [4.69, 9.17) is 4.74 Å². The molecule has 0 radical (unpaired) electrons. The van der Waals surface area contributed by atoms with Gasteiger partial charge in [0.25, 0.3) is 0 Å². The van der Waals surface area contributed by atoms with Crippen molar-refractivity contribution in [3.05, 3.63) is 36.0 Å². The van der Waals surface area contributed by atoms with Crippen LogP contribution < -0.4 is 0 Å². The van der Waals surface area contributed by atoms with E-state index in [0.29, 0.717) is 19.0 Å². The molecule has 26 heavy (non-hydrogen) atoms. The number of ether oxygens (including phenoxy) is 1. The molecule has 0 atom stereocenters. The molecule has 1 aliphatic rings. The van der Waals surface area contributed by atoms with Gasteiger partial charge in [-0.05, 0) is 45.7 Å². The fourth-order valence-electron chi connectivity index (χ4n) is 3.56. The largest absolute Gasteiger partial charge is 0.444 e. The maximum Gasteiger partial charge on any atom is 0.410 e. The number of benzene rings is 1. The standard InChI is InChI=1S/C20H24N4O2/c1-20(2,3)26-19(25)24-10-8-13(9-11-24)17-12-15-14-6-4-5-7-16(14)22-23-18(15)21-17/h4-7,12-13H,8-11H2,1-3H3,(H,21,23). The summed E-state index contributed by atoms with van der Waals surface area (Å²) in [6.45, 7) is 7.11. The van der Waals surface area contributed by atoms with Gasteiger partial charge in [-0.15, -0.1) is 10.2 Å². The van der Waals surface area contributed by atoms with E-state index >= 15 is 0 Å². The second-order valence-corrected chi connectivity index (χ2v) is 7.95. The second kappa shape index (κ2) is 6.27. The van der Waals surface area contributed by atoms with Crippen molar-refractivity contribution >= 4 is 28.0 Å². The van der Waals surface area contributed by atoms with Gasteiger partial charge in [0.15, 0.2) is 5.65 Å². The van der Waals surface area contributed by atoms with Crippen molar-refractivity contribution in [3.8, 4) is 0 Å². The molecule has 0 bridgehead atoms. The monoisotopic (exact) mass is 352 g/mol. The molecule has 1 aliphatic heterocycles. The Labute approximate surface area is 152 Å². The smallest absolute Gasteiger partial charge is 0.410 e. The third-order valence-corrected chi connectivity index (χ3v) is 4.86. The van der Waals surface area contributed by atoms with Crippen LogP contribution in [0, 0.1) is 0 Å². The summed E-state index contributed by atoms with van der Waals surface area (Å²) in [5.74, 6) is 0.390. The Hall–Kier alpha value is -2.63. The molecule has 4 rings (SSSR count). The van der Waals surface area contributed by atoms with Gasteiger partial charge in [0.1, 0.15) is 5.60 Å². The molecule has 2 aromatic heterocycles. The zero-order valence-corrected chi connectivity index (χ0v) is 15.5. The number of likely N-dealkylation sites (tertiary alicyclic amines) is 1. The predicted molar refractivity (Wildman–Crippen MR) is 101 cm³/mol. The predicted octanol–water partition coefficient (Wildman–Crippen LogP) is 4.23. The molecule has 6 heteroatoms. The van der Waals surface area contributed by atoms with Gasteiger partial charge in [0.2, 0.25) is 0 Å². The van der Waals surface area contributed by atoms with Crippen LogP contribution in [0.2, 0.25) is 0 Å². The van der Waals surface area contributed by atoms with E-state index in [1.165, 1.54) is 5.69 Å². The number of nitrogens with one attached hydrogen (secondary N) is 1. The number of hydrogen-bond donors (Lipinski definition) is 1. The summed E-state index contributed by atoms with van der Waals surface area (Å²) in [4.78, 5) is 17.5. The fraction of sp³-hybridized carbons (Fsp3) is 0.450. The van der Waals surface area contributed by atoms with Gasteiger partial charge >= 0.3 is 6.09 Å². The summed E-state index contributed by atoms with van der Waals surface area (Å²) >= 11 is 0. The van der Waals surface area contributed by atoms with Gasteiger partial charge in [-0.25, -0.2) is 4.79 Å². The molecule has 1 saturated heterocycles. The van der Waals surface area contributed by atoms with Crippen LogP contribution in [0.25, 0.3) is 21.9 Å². The van der Waals surface area contributed by atoms with E-state index in [-0.39, 0.29) is 6.09 Å². The maximum absolute atomic E-state index is 12.2. The highest BCUT2D eigenvalue weighted by Crippen LogP contribution is 2.32. The van der Waals surface area contributed by atoms with Gasteiger partial charge in [-0.2, -0.15) is 0 Å². The molecule has 0 unspecified atom stereocenters. The quantitative estimate of drug-likeness (QED) is 0.711. The molecule has 136 valence electrons. The number of nitrogens with zero attached hydrogens (tertiary/aromatic N) is 3. The van der Waals surface area contributed by atoms with Crippen molar-refractivity contribution < 1.29 is 9.53 Å². The van der Waals surface area contributed by atoms with Gasteiger partial charge in [0, 0.05) is 35.5 Å². The summed E-state index contributed by atoms with van der Waals surface area (Å²) in [6.07, 6.45) is 1.61. The van der Waals surface area contributed by atoms with Crippen LogP contribution in [0.15, 0.2) is 30.3 Å². The number of amides is 1. The maximum atomic E-state index is 12.2. The molecule has 6 nitrogen and oxygen atoms in total. The van der Waals surface area contributed by atoms with Crippen LogP contribution >= 0.6 is 0 Å². The van der Waals surface area contributed by atoms with Crippen molar-refractivity contribution in [2.75, 3.05) is 13.1 Å². The van der Waals surface area contributed by atoms with E-state index in [9.17, 15) is 4.79 Å². The molecule has 1 aromatic carbocycles. The van der Waals surface area contributed by atoms with Crippen molar-refractivity contribution in [2.24, 2.45) is 0 Å². The Morgan fingerprint density at radius 3 is 2.62 bits per heavy atom. The lowest BCUT2D eigenvalue weighted by atomic mass is 9.93. The van der Waals surface area contributed by atoms with E-state index in [1.807, 2.05) is 39.0 Å². The normalized spacial score (nSPS) is 16.3. The minimum atomic E-state index is -0.454. The van der Waals surface area contributed by atoms with Crippen molar-refractivity contribution in [3.63, 3.8) is 0 Å². The summed E-state index contributed by atoms with van der Waals surface area (Å²) in [5, 5.41) is 10.8. The topological polar surface area (TPSA) is 71.1 Å². The molecule has 0 spiro atoms. The van der Waals surface area contributed by atoms with Gasteiger partial charge in [-0.3, -0.25) is 0 Å². The van der Waals surface area contributed by atoms with Crippen molar-refractivity contribution in [1.82, 2.24) is 20.1 Å². The molecule has 1 amide bonds. The highest BCUT2D eigenvalue weighted by molar-refractivity contribution is 6.02. The number of rotatable bonds is 1. The Balaban J connectivity index is 1.51. The summed E-state index contributed by atoms with van der Waals surface area (Å²) in [6, 6.07) is 10.3. The molecule has 3 aromatic rings. The van der Waals surface area contributed by atoms with E-state index in [0.717, 1.165) is 34.8 Å². The summed E-state index contributed by atoms with van der Waals surface area (Å²) in [7, 11) is 0. The van der Waals surface area contributed by atoms with Crippen molar-refractivity contribution in [2.45, 2.75) is 45.1 Å².